The highest BCUT2D eigenvalue weighted by atomic mass is 16.5. The van der Waals surface area contributed by atoms with Crippen LogP contribution in [0.3, 0.4) is 0 Å². The number of nitrogens with zero attached hydrogens (tertiary/aromatic N) is 1. The van der Waals surface area contributed by atoms with Crippen molar-refractivity contribution < 1.29 is 42.9 Å². The average Bonchev–Trinajstić information content (AvgIpc) is 3.16. The molecule has 0 saturated heterocycles. The minimum atomic E-state index is -0.417. The van der Waals surface area contributed by atoms with Gasteiger partial charge in [0.1, 0.15) is 24.6 Å². The molecule has 0 radical (unpaired) electrons. The summed E-state index contributed by atoms with van der Waals surface area (Å²) in [4.78, 5) is 57.9. The molecule has 0 aliphatic carbocycles. The molecule has 2 amide bonds. The lowest BCUT2D eigenvalue weighted by atomic mass is 10.0. The maximum absolute atomic E-state index is 12.1. The van der Waals surface area contributed by atoms with Crippen LogP contribution in [-0.2, 0) is 35.1 Å². The second-order valence-corrected chi connectivity index (χ2v) is 11.5. The standard InChI is InChI=1S/C21H35N3O6.C16H23N3O3/c1-27-20-17-18(5-6-19(20)22)21(26)24-9-12-29-14-16-30-15-13-28-11-8-23-7-3-2-4-10-25;1-17-14-7-4-6-12(11-21)13(14)10-19(3)15(8-5-9-20)16(22)18-2/h5-6,10,17,23H,2-4,7-9,11-16,22H2,1H3,(H,24,26);4,6-7,9,11,15,17H,5,8,10H2,1-3H3,(H,18,22). The van der Waals surface area contributed by atoms with E-state index in [1.165, 1.54) is 7.11 Å². The van der Waals surface area contributed by atoms with Gasteiger partial charge in [-0.25, -0.2) is 0 Å². The first kappa shape index (κ1) is 45.6. The van der Waals surface area contributed by atoms with Gasteiger partial charge < -0.3 is 55.5 Å². The summed E-state index contributed by atoms with van der Waals surface area (Å²) >= 11 is 0. The first-order valence-corrected chi connectivity index (χ1v) is 17.5. The first-order valence-electron chi connectivity index (χ1n) is 17.5. The third-order valence-corrected chi connectivity index (χ3v) is 7.78. The van der Waals surface area contributed by atoms with E-state index < -0.39 is 6.04 Å². The van der Waals surface area contributed by atoms with E-state index in [4.69, 9.17) is 24.7 Å². The van der Waals surface area contributed by atoms with Crippen LogP contribution in [0, 0.1) is 0 Å². The van der Waals surface area contributed by atoms with Crippen molar-refractivity contribution in [3.8, 4) is 5.75 Å². The van der Waals surface area contributed by atoms with Crippen molar-refractivity contribution in [1.82, 2.24) is 20.9 Å². The molecule has 0 fully saturated rings. The average molecular weight is 731 g/mol. The summed E-state index contributed by atoms with van der Waals surface area (Å²) in [6.45, 7) is 5.53. The van der Waals surface area contributed by atoms with Crippen molar-refractivity contribution >= 4 is 42.0 Å². The number of aldehydes is 3. The highest BCUT2D eigenvalue weighted by Gasteiger charge is 2.23. The summed E-state index contributed by atoms with van der Waals surface area (Å²) < 4.78 is 21.4. The number of ether oxygens (including phenoxy) is 4. The second-order valence-electron chi connectivity index (χ2n) is 11.5. The van der Waals surface area contributed by atoms with Gasteiger partial charge in [0, 0.05) is 63.4 Å². The number of anilines is 2. The minimum absolute atomic E-state index is 0.140. The van der Waals surface area contributed by atoms with Crippen LogP contribution in [0.25, 0.3) is 0 Å². The number of hydrogen-bond donors (Lipinski definition) is 5. The van der Waals surface area contributed by atoms with Crippen LogP contribution in [0.1, 0.15) is 58.4 Å². The molecule has 0 spiro atoms. The van der Waals surface area contributed by atoms with Crippen LogP contribution in [0.4, 0.5) is 11.4 Å². The third-order valence-electron chi connectivity index (χ3n) is 7.78. The second kappa shape index (κ2) is 29.2. The number of carbonyl (C=O) groups excluding carboxylic acids is 5. The summed E-state index contributed by atoms with van der Waals surface area (Å²) in [6, 6.07) is 9.92. The molecule has 0 bridgehead atoms. The number of nitrogens with one attached hydrogen (secondary N) is 4. The molecule has 0 saturated carbocycles. The first-order chi connectivity index (χ1) is 25.3. The van der Waals surface area contributed by atoms with Gasteiger partial charge in [-0.05, 0) is 62.7 Å². The number of nitrogens with two attached hydrogens (primary N) is 1. The number of unbranched alkanes of at least 4 members (excludes halogenated alkanes) is 2. The van der Waals surface area contributed by atoms with Crippen molar-refractivity contribution in [2.75, 3.05) is 98.6 Å². The van der Waals surface area contributed by atoms with Crippen LogP contribution < -0.4 is 31.7 Å². The molecule has 0 aromatic heterocycles. The smallest absolute Gasteiger partial charge is 0.251 e. The molecule has 15 heteroatoms. The molecule has 15 nitrogen and oxygen atoms in total. The van der Waals surface area contributed by atoms with Gasteiger partial charge in [0.2, 0.25) is 5.91 Å². The fraction of sp³-hybridized carbons (Fsp3) is 0.541. The van der Waals surface area contributed by atoms with E-state index in [0.717, 1.165) is 56.0 Å². The van der Waals surface area contributed by atoms with Gasteiger partial charge >= 0.3 is 0 Å². The molecule has 0 aliphatic rings. The summed E-state index contributed by atoms with van der Waals surface area (Å²) in [6.07, 6.45) is 5.89. The number of nitrogen functional groups attached to an aromatic ring is 1. The quantitative estimate of drug-likeness (QED) is 0.0485. The van der Waals surface area contributed by atoms with Crippen molar-refractivity contribution in [3.05, 3.63) is 53.1 Å². The van der Waals surface area contributed by atoms with E-state index in [1.807, 2.05) is 24.1 Å². The van der Waals surface area contributed by atoms with Gasteiger partial charge in [-0.15, -0.1) is 0 Å². The minimum Gasteiger partial charge on any atom is -0.495 e. The lowest BCUT2D eigenvalue weighted by Gasteiger charge is -2.27. The predicted octanol–water partition coefficient (Wildman–Crippen LogP) is 2.08. The zero-order valence-electron chi connectivity index (χ0n) is 31.1. The molecule has 1 atom stereocenters. The van der Waals surface area contributed by atoms with Gasteiger partial charge in [0.15, 0.2) is 0 Å². The van der Waals surface area contributed by atoms with Gasteiger partial charge in [-0.1, -0.05) is 12.1 Å². The van der Waals surface area contributed by atoms with Crippen LogP contribution in [0.5, 0.6) is 5.75 Å². The SMILES string of the molecule is CNC(=O)C(CCC=O)N(C)Cc1c(C=O)cccc1NC.COc1cc(C(=O)NCCOCCOCCOCCNCCCCC=O)ccc1N. The Kier molecular flexibility index (Phi) is 25.6. The zero-order chi connectivity index (χ0) is 38.4. The maximum atomic E-state index is 12.1. The van der Waals surface area contributed by atoms with E-state index in [0.29, 0.717) is 94.6 Å². The fourth-order valence-electron chi connectivity index (χ4n) is 4.91. The molecular formula is C37H58N6O9. The Labute approximate surface area is 307 Å². The molecule has 52 heavy (non-hydrogen) atoms. The Morgan fingerprint density at radius 2 is 1.54 bits per heavy atom. The van der Waals surface area contributed by atoms with Crippen LogP contribution in [0.2, 0.25) is 0 Å². The molecule has 6 N–H and O–H groups in total. The Balaban J connectivity index is 0.000000545. The van der Waals surface area contributed by atoms with Crippen molar-refractivity contribution in [1.29, 1.82) is 0 Å². The monoisotopic (exact) mass is 730 g/mol. The van der Waals surface area contributed by atoms with E-state index in [9.17, 15) is 24.0 Å². The molecule has 2 aromatic carbocycles. The van der Waals surface area contributed by atoms with Crippen LogP contribution >= 0.6 is 0 Å². The Morgan fingerprint density at radius 3 is 2.15 bits per heavy atom. The normalized spacial score (nSPS) is 11.2. The summed E-state index contributed by atoms with van der Waals surface area (Å²) in [5, 5.41) is 11.7. The summed E-state index contributed by atoms with van der Waals surface area (Å²) in [5.74, 6) is 0.127. The number of rotatable bonds is 28. The lowest BCUT2D eigenvalue weighted by Crippen LogP contribution is -2.43. The number of benzene rings is 2. The summed E-state index contributed by atoms with van der Waals surface area (Å²) in [5.41, 5.74) is 8.98. The van der Waals surface area contributed by atoms with Gasteiger partial charge in [-0.2, -0.15) is 0 Å². The molecule has 0 heterocycles. The highest BCUT2D eigenvalue weighted by Crippen LogP contribution is 2.23. The Morgan fingerprint density at radius 1 is 0.865 bits per heavy atom. The van der Waals surface area contributed by atoms with Gasteiger partial charge in [0.25, 0.3) is 5.91 Å². The molecular weight excluding hydrogens is 672 g/mol. The van der Waals surface area contributed by atoms with E-state index >= 15 is 0 Å². The maximum Gasteiger partial charge on any atom is 0.251 e. The van der Waals surface area contributed by atoms with E-state index in [1.54, 1.807) is 38.4 Å². The van der Waals surface area contributed by atoms with Crippen LogP contribution in [-0.4, -0.2) is 129 Å². The summed E-state index contributed by atoms with van der Waals surface area (Å²) in [7, 11) is 6.68. The zero-order valence-corrected chi connectivity index (χ0v) is 31.1. The Bertz CT molecular complexity index is 1330. The van der Waals surface area contributed by atoms with Crippen molar-refractivity contribution in [2.45, 2.75) is 44.7 Å². The number of likely N-dealkylation sites (N-methyl/N-ethyl adjacent to an activating group) is 2. The number of amides is 2. The Hall–Kier alpha value is -4.41. The van der Waals surface area contributed by atoms with Gasteiger partial charge in [-0.3, -0.25) is 19.3 Å². The highest BCUT2D eigenvalue weighted by molar-refractivity contribution is 5.95. The topological polar surface area (TPSA) is 200 Å². The predicted molar refractivity (Wildman–Crippen MR) is 201 cm³/mol. The molecule has 1 unspecified atom stereocenters. The molecule has 2 aromatic rings. The molecule has 0 aliphatic heterocycles. The largest absolute Gasteiger partial charge is 0.495 e. The van der Waals surface area contributed by atoms with Crippen LogP contribution in [0.15, 0.2) is 36.4 Å². The third kappa shape index (κ3) is 18.7. The van der Waals surface area contributed by atoms with E-state index in [2.05, 4.69) is 21.3 Å². The fourth-order valence-corrected chi connectivity index (χ4v) is 4.91. The van der Waals surface area contributed by atoms with Gasteiger partial charge in [0.05, 0.1) is 58.5 Å². The number of methoxy groups -OCH3 is 1. The number of hydrogen-bond acceptors (Lipinski definition) is 13. The molecule has 2 rings (SSSR count). The van der Waals surface area contributed by atoms with E-state index in [-0.39, 0.29) is 11.8 Å². The van der Waals surface area contributed by atoms with Crippen molar-refractivity contribution in [2.24, 2.45) is 0 Å². The molecule has 290 valence electrons. The van der Waals surface area contributed by atoms with Crippen molar-refractivity contribution in [3.63, 3.8) is 0 Å². The number of carbonyl (C=O) groups is 5. The lowest BCUT2D eigenvalue weighted by molar-refractivity contribution is -0.126.